The Hall–Kier alpha value is -5.17. The number of hydrogen-bond donors (Lipinski definition) is 0. The Morgan fingerprint density at radius 2 is 1.48 bits per heavy atom. The van der Waals surface area contributed by atoms with Crippen LogP contribution in [-0.2, 0) is 0 Å². The summed E-state index contributed by atoms with van der Waals surface area (Å²) >= 11 is 0. The van der Waals surface area contributed by atoms with Gasteiger partial charge in [0.2, 0.25) is 0 Å². The molecule has 1 fully saturated rings. The van der Waals surface area contributed by atoms with Crippen molar-refractivity contribution in [2.45, 2.75) is 24.9 Å². The van der Waals surface area contributed by atoms with Gasteiger partial charge in [-0.2, -0.15) is 0 Å². The van der Waals surface area contributed by atoms with Gasteiger partial charge in [0.1, 0.15) is 28.7 Å². The number of carbonyl (C=O) groups is 3. The number of methoxy groups -OCH3 is 3. The van der Waals surface area contributed by atoms with Crippen LogP contribution >= 0.6 is 0 Å². The third-order valence-electron chi connectivity index (χ3n) is 9.36. The van der Waals surface area contributed by atoms with Gasteiger partial charge in [-0.1, -0.05) is 66.2 Å². The molecule has 44 heavy (non-hydrogen) atoms. The van der Waals surface area contributed by atoms with Crippen molar-refractivity contribution in [1.29, 1.82) is 0 Å². The van der Waals surface area contributed by atoms with Crippen LogP contribution in [0.1, 0.15) is 53.7 Å². The zero-order chi connectivity index (χ0) is 30.7. The van der Waals surface area contributed by atoms with Crippen LogP contribution in [0.2, 0.25) is 0 Å². The van der Waals surface area contributed by atoms with Crippen LogP contribution in [0.15, 0.2) is 91.0 Å². The van der Waals surface area contributed by atoms with Gasteiger partial charge >= 0.3 is 0 Å². The number of aryl methyl sites for hydroxylation is 1. The summed E-state index contributed by atoms with van der Waals surface area (Å²) in [5.41, 5.74) is 2.86. The Balaban J connectivity index is 1.57. The monoisotopic (exact) mass is 585 g/mol. The molecule has 1 aliphatic carbocycles. The molecule has 220 valence electrons. The maximum atomic E-state index is 15.0. The van der Waals surface area contributed by atoms with Gasteiger partial charge in [-0.15, -0.1) is 0 Å². The third-order valence-corrected chi connectivity index (χ3v) is 9.36. The predicted molar refractivity (Wildman–Crippen MR) is 167 cm³/mol. The summed E-state index contributed by atoms with van der Waals surface area (Å²) in [5.74, 6) is -0.202. The van der Waals surface area contributed by atoms with E-state index >= 15 is 0 Å². The van der Waals surface area contributed by atoms with Crippen molar-refractivity contribution < 1.29 is 28.6 Å². The molecule has 3 unspecified atom stereocenters. The van der Waals surface area contributed by atoms with Gasteiger partial charge in [0.15, 0.2) is 17.3 Å². The molecule has 1 saturated heterocycles. The first-order valence-corrected chi connectivity index (χ1v) is 14.5. The number of anilines is 1. The SMILES string of the molecule is COc1cccc(C(=O)C2C(c3ccc(OC)cc3OC)C3(C(=O)c4ccccc4C3=O)C3C=Cc4cc(C)ccc4N23)c1. The number of Topliss-reactive ketones (excluding diaryl/α,β-unsaturated/α-hetero) is 3. The van der Waals surface area contributed by atoms with Crippen LogP contribution < -0.4 is 19.1 Å². The fraction of sp³-hybridized carbons (Fsp3) is 0.216. The zero-order valence-corrected chi connectivity index (χ0v) is 24.9. The van der Waals surface area contributed by atoms with E-state index in [1.807, 2.05) is 42.2 Å². The zero-order valence-electron chi connectivity index (χ0n) is 24.9. The number of ketones is 3. The predicted octanol–water partition coefficient (Wildman–Crippen LogP) is 6.34. The van der Waals surface area contributed by atoms with Gasteiger partial charge in [0.05, 0.1) is 27.4 Å². The number of rotatable bonds is 6. The molecular weight excluding hydrogens is 554 g/mol. The average Bonchev–Trinajstić information content (AvgIpc) is 3.49. The van der Waals surface area contributed by atoms with E-state index in [1.165, 1.54) is 7.11 Å². The lowest BCUT2D eigenvalue weighted by Crippen LogP contribution is -2.48. The van der Waals surface area contributed by atoms with Crippen molar-refractivity contribution in [3.8, 4) is 17.2 Å². The molecule has 0 bridgehead atoms. The normalized spacial score (nSPS) is 20.7. The van der Waals surface area contributed by atoms with E-state index in [-0.39, 0.29) is 17.3 Å². The molecule has 4 aromatic carbocycles. The number of ether oxygens (including phenoxy) is 3. The van der Waals surface area contributed by atoms with Crippen LogP contribution in [0.3, 0.4) is 0 Å². The largest absolute Gasteiger partial charge is 0.497 e. The van der Waals surface area contributed by atoms with Crippen LogP contribution in [0.4, 0.5) is 5.69 Å². The molecule has 1 spiro atoms. The molecule has 3 atom stereocenters. The first kappa shape index (κ1) is 27.7. The molecule has 7 heteroatoms. The molecule has 7 nitrogen and oxygen atoms in total. The van der Waals surface area contributed by atoms with Crippen molar-refractivity contribution in [3.63, 3.8) is 0 Å². The van der Waals surface area contributed by atoms with Crippen LogP contribution in [0, 0.1) is 12.3 Å². The van der Waals surface area contributed by atoms with Crippen LogP contribution in [-0.4, -0.2) is 50.8 Å². The first-order valence-electron chi connectivity index (χ1n) is 14.5. The lowest BCUT2D eigenvalue weighted by atomic mass is 9.64. The molecular formula is C37H31NO6. The molecule has 0 N–H and O–H groups in total. The molecule has 3 aliphatic rings. The third kappa shape index (κ3) is 3.71. The number of benzene rings is 4. The van der Waals surface area contributed by atoms with Gasteiger partial charge in [-0.3, -0.25) is 14.4 Å². The van der Waals surface area contributed by atoms with Crippen molar-refractivity contribution in [3.05, 3.63) is 124 Å². The molecule has 7 rings (SSSR count). The van der Waals surface area contributed by atoms with Crippen molar-refractivity contribution in [2.24, 2.45) is 5.41 Å². The highest BCUT2D eigenvalue weighted by Gasteiger charge is 2.72. The number of hydrogen-bond acceptors (Lipinski definition) is 7. The van der Waals surface area contributed by atoms with Gasteiger partial charge in [0.25, 0.3) is 0 Å². The van der Waals surface area contributed by atoms with Crippen molar-refractivity contribution >= 4 is 29.1 Å². The summed E-state index contributed by atoms with van der Waals surface area (Å²) in [6.07, 6.45) is 3.89. The Kier molecular flexibility index (Phi) is 6.43. The molecule has 2 aliphatic heterocycles. The minimum atomic E-state index is -1.64. The molecule has 0 aromatic heterocycles. The minimum absolute atomic E-state index is 0.230. The molecule has 2 heterocycles. The quantitative estimate of drug-likeness (QED) is 0.193. The van der Waals surface area contributed by atoms with E-state index in [0.717, 1.165) is 16.8 Å². The highest BCUT2D eigenvalue weighted by Crippen LogP contribution is 2.62. The van der Waals surface area contributed by atoms with E-state index in [4.69, 9.17) is 14.2 Å². The van der Waals surface area contributed by atoms with Crippen LogP contribution in [0.25, 0.3) is 6.08 Å². The molecule has 0 amide bonds. The highest BCUT2D eigenvalue weighted by atomic mass is 16.5. The fourth-order valence-electron chi connectivity index (χ4n) is 7.46. The van der Waals surface area contributed by atoms with E-state index in [9.17, 15) is 14.4 Å². The van der Waals surface area contributed by atoms with E-state index < -0.39 is 23.4 Å². The van der Waals surface area contributed by atoms with Gasteiger partial charge < -0.3 is 19.1 Å². The van der Waals surface area contributed by atoms with E-state index in [2.05, 4.69) is 6.07 Å². The number of nitrogens with zero attached hydrogens (tertiary/aromatic N) is 1. The van der Waals surface area contributed by atoms with Crippen molar-refractivity contribution in [1.82, 2.24) is 0 Å². The number of fused-ring (bicyclic) bond motifs is 5. The van der Waals surface area contributed by atoms with Gasteiger partial charge in [-0.25, -0.2) is 0 Å². The lowest BCUT2D eigenvalue weighted by Gasteiger charge is -2.37. The smallest absolute Gasteiger partial charge is 0.186 e. The second kappa shape index (κ2) is 10.2. The lowest BCUT2D eigenvalue weighted by molar-refractivity contribution is 0.0664. The van der Waals surface area contributed by atoms with Crippen LogP contribution in [0.5, 0.6) is 17.2 Å². The molecule has 0 radical (unpaired) electrons. The second-order valence-corrected chi connectivity index (χ2v) is 11.5. The Bertz CT molecular complexity index is 1860. The maximum absolute atomic E-state index is 15.0. The topological polar surface area (TPSA) is 82.1 Å². The Morgan fingerprint density at radius 1 is 0.773 bits per heavy atom. The van der Waals surface area contributed by atoms with E-state index in [1.54, 1.807) is 74.9 Å². The molecule has 0 saturated carbocycles. The summed E-state index contributed by atoms with van der Waals surface area (Å²) in [4.78, 5) is 46.7. The minimum Gasteiger partial charge on any atom is -0.497 e. The van der Waals surface area contributed by atoms with Gasteiger partial charge in [0, 0.05) is 39.9 Å². The summed E-state index contributed by atoms with van der Waals surface area (Å²) in [6, 6.07) is 23.6. The second-order valence-electron chi connectivity index (χ2n) is 11.5. The summed E-state index contributed by atoms with van der Waals surface area (Å²) in [6.45, 7) is 2.01. The molecule has 4 aromatic rings. The fourth-order valence-corrected chi connectivity index (χ4v) is 7.46. The Labute approximate surface area is 255 Å². The average molecular weight is 586 g/mol. The summed E-state index contributed by atoms with van der Waals surface area (Å²) in [7, 11) is 4.65. The van der Waals surface area contributed by atoms with Crippen molar-refractivity contribution in [2.75, 3.05) is 26.2 Å². The maximum Gasteiger partial charge on any atom is 0.186 e. The van der Waals surface area contributed by atoms with Gasteiger partial charge in [-0.05, 0) is 42.8 Å². The van der Waals surface area contributed by atoms with E-state index in [0.29, 0.717) is 39.5 Å². The summed E-state index contributed by atoms with van der Waals surface area (Å²) in [5, 5.41) is 0. The number of carbonyl (C=O) groups excluding carboxylic acids is 3. The standard InChI is InChI=1S/C37H31NO6/c1-21-12-16-29-22(18-21)13-17-31-37(35(40)26-10-5-6-11-27(26)36(37)41)32(28-15-14-25(43-3)20-30(28)44-4)33(38(29)31)34(39)23-8-7-9-24(19-23)42-2/h5-20,31-33H,1-4H3. The Morgan fingerprint density at radius 3 is 2.16 bits per heavy atom. The first-order chi connectivity index (χ1) is 21.3. The summed E-state index contributed by atoms with van der Waals surface area (Å²) < 4.78 is 16.8. The highest BCUT2D eigenvalue weighted by molar-refractivity contribution is 6.32.